The lowest BCUT2D eigenvalue weighted by molar-refractivity contribution is 1.34. The van der Waals surface area contributed by atoms with Crippen LogP contribution in [0.2, 0.25) is 0 Å². The second-order valence-electron chi connectivity index (χ2n) is 3.25. The van der Waals surface area contributed by atoms with Gasteiger partial charge in [0.15, 0.2) is 0 Å². The third-order valence-corrected chi connectivity index (χ3v) is 3.14. The quantitative estimate of drug-likeness (QED) is 0.801. The van der Waals surface area contributed by atoms with Crippen molar-refractivity contribution in [2.24, 2.45) is 0 Å². The van der Waals surface area contributed by atoms with Crippen LogP contribution in [0.1, 0.15) is 11.1 Å². The summed E-state index contributed by atoms with van der Waals surface area (Å²) in [5.41, 5.74) is 2.11. The zero-order valence-corrected chi connectivity index (χ0v) is 10.7. The molecular weight excluding hydrogens is 284 g/mol. The van der Waals surface area contributed by atoms with Crippen molar-refractivity contribution in [1.29, 1.82) is 5.26 Å². The molecule has 0 spiro atoms. The van der Waals surface area contributed by atoms with Gasteiger partial charge in [-0.1, -0.05) is 40.8 Å². The number of hydrogen-bond acceptors (Lipinski definition) is 2. The van der Waals surface area contributed by atoms with Crippen LogP contribution in [0.4, 0.5) is 0 Å². The van der Waals surface area contributed by atoms with Crippen LogP contribution in [0, 0.1) is 16.0 Å². The monoisotopic (exact) mass is 290 g/mol. The predicted molar refractivity (Wildman–Crippen MR) is 71.6 cm³/mol. The van der Waals surface area contributed by atoms with Crippen molar-refractivity contribution in [3.05, 3.63) is 45.0 Å². The van der Waals surface area contributed by atoms with E-state index in [2.05, 4.69) is 33.6 Å². The van der Waals surface area contributed by atoms with Gasteiger partial charge >= 0.3 is 0 Å². The standard InChI is InChI=1S/C12H7BrN2S/c1-2-8-10(6-14)9-5-7(13)3-4-11(9)15-12(8)16/h2-5H,1H2,(H,15,16). The predicted octanol–water partition coefficient (Wildman–Crippen LogP) is 4.17. The molecule has 0 saturated carbocycles. The molecular formula is C12H7BrN2S. The van der Waals surface area contributed by atoms with E-state index in [1.54, 1.807) is 6.08 Å². The fourth-order valence-corrected chi connectivity index (χ4v) is 2.25. The number of nitriles is 1. The lowest BCUT2D eigenvalue weighted by Gasteiger charge is -2.05. The van der Waals surface area contributed by atoms with Gasteiger partial charge in [0.1, 0.15) is 10.7 Å². The highest BCUT2D eigenvalue weighted by Crippen LogP contribution is 2.25. The highest BCUT2D eigenvalue weighted by molar-refractivity contribution is 9.10. The SMILES string of the molecule is C=Cc1c(C#N)c2cc(Br)ccc2[nH]c1=S. The molecule has 0 amide bonds. The van der Waals surface area contributed by atoms with E-state index in [0.29, 0.717) is 15.8 Å². The Morgan fingerprint density at radius 3 is 2.88 bits per heavy atom. The number of aromatic amines is 1. The first-order valence-electron chi connectivity index (χ1n) is 4.55. The zero-order chi connectivity index (χ0) is 11.7. The molecule has 1 heterocycles. The minimum Gasteiger partial charge on any atom is -0.346 e. The lowest BCUT2D eigenvalue weighted by Crippen LogP contribution is -1.91. The van der Waals surface area contributed by atoms with E-state index >= 15 is 0 Å². The molecule has 0 aliphatic rings. The topological polar surface area (TPSA) is 39.6 Å². The number of nitrogens with zero attached hydrogens (tertiary/aromatic N) is 1. The van der Waals surface area contributed by atoms with Gasteiger partial charge in [-0.05, 0) is 18.2 Å². The van der Waals surface area contributed by atoms with E-state index in [-0.39, 0.29) is 0 Å². The molecule has 1 N–H and O–H groups in total. The Morgan fingerprint density at radius 1 is 1.50 bits per heavy atom. The van der Waals surface area contributed by atoms with Crippen molar-refractivity contribution in [3.8, 4) is 6.07 Å². The number of hydrogen-bond donors (Lipinski definition) is 1. The van der Waals surface area contributed by atoms with Crippen LogP contribution in [-0.2, 0) is 0 Å². The van der Waals surface area contributed by atoms with Gasteiger partial charge in [0, 0.05) is 20.9 Å². The van der Waals surface area contributed by atoms with Crippen molar-refractivity contribution in [1.82, 2.24) is 4.98 Å². The third kappa shape index (κ3) is 1.69. The number of benzene rings is 1. The van der Waals surface area contributed by atoms with E-state index < -0.39 is 0 Å². The molecule has 1 aromatic heterocycles. The molecule has 0 bridgehead atoms. The summed E-state index contributed by atoms with van der Waals surface area (Å²) in [4.78, 5) is 3.08. The van der Waals surface area contributed by atoms with Crippen LogP contribution < -0.4 is 0 Å². The average Bonchev–Trinajstić information content (AvgIpc) is 2.28. The number of H-pyrrole nitrogens is 1. The van der Waals surface area contributed by atoms with Gasteiger partial charge in [0.25, 0.3) is 0 Å². The number of rotatable bonds is 1. The number of pyridine rings is 1. The Balaban J connectivity index is 3.05. The first-order valence-corrected chi connectivity index (χ1v) is 5.75. The summed E-state index contributed by atoms with van der Waals surface area (Å²) >= 11 is 8.56. The smallest absolute Gasteiger partial charge is 0.112 e. The first-order chi connectivity index (χ1) is 7.67. The van der Waals surface area contributed by atoms with Crippen molar-refractivity contribution < 1.29 is 0 Å². The van der Waals surface area contributed by atoms with Crippen LogP contribution in [0.15, 0.2) is 29.3 Å². The van der Waals surface area contributed by atoms with E-state index in [4.69, 9.17) is 12.2 Å². The van der Waals surface area contributed by atoms with Crippen molar-refractivity contribution >= 4 is 45.1 Å². The van der Waals surface area contributed by atoms with Crippen LogP contribution in [0.5, 0.6) is 0 Å². The summed E-state index contributed by atoms with van der Waals surface area (Å²) in [5, 5.41) is 10.0. The van der Waals surface area contributed by atoms with Crippen LogP contribution >= 0.6 is 28.1 Å². The highest BCUT2D eigenvalue weighted by atomic mass is 79.9. The van der Waals surface area contributed by atoms with E-state index in [0.717, 1.165) is 15.4 Å². The summed E-state index contributed by atoms with van der Waals surface area (Å²) in [6, 6.07) is 7.87. The lowest BCUT2D eigenvalue weighted by atomic mass is 10.0. The minimum absolute atomic E-state index is 0.543. The van der Waals surface area contributed by atoms with Crippen molar-refractivity contribution in [3.63, 3.8) is 0 Å². The molecule has 2 aromatic rings. The molecule has 0 radical (unpaired) electrons. The zero-order valence-electron chi connectivity index (χ0n) is 8.25. The maximum atomic E-state index is 9.19. The minimum atomic E-state index is 0.543. The molecule has 0 atom stereocenters. The molecule has 16 heavy (non-hydrogen) atoms. The summed E-state index contributed by atoms with van der Waals surface area (Å²) in [7, 11) is 0. The molecule has 2 rings (SSSR count). The second-order valence-corrected chi connectivity index (χ2v) is 4.57. The summed E-state index contributed by atoms with van der Waals surface area (Å²) in [6.45, 7) is 3.68. The Bertz CT molecular complexity index is 680. The number of fused-ring (bicyclic) bond motifs is 1. The Kier molecular flexibility index (Phi) is 2.90. The molecule has 0 aliphatic carbocycles. The number of aromatic nitrogens is 1. The summed E-state index contributed by atoms with van der Waals surface area (Å²) < 4.78 is 1.47. The van der Waals surface area contributed by atoms with Gasteiger partial charge in [0.05, 0.1) is 5.56 Å². The van der Waals surface area contributed by atoms with Gasteiger partial charge in [-0.2, -0.15) is 5.26 Å². The van der Waals surface area contributed by atoms with Gasteiger partial charge in [0.2, 0.25) is 0 Å². The number of nitrogens with one attached hydrogen (secondary N) is 1. The highest BCUT2D eigenvalue weighted by Gasteiger charge is 2.07. The Morgan fingerprint density at radius 2 is 2.25 bits per heavy atom. The van der Waals surface area contributed by atoms with Crippen LogP contribution in [0.3, 0.4) is 0 Å². The second kappa shape index (κ2) is 4.20. The van der Waals surface area contributed by atoms with Crippen molar-refractivity contribution in [2.75, 3.05) is 0 Å². The summed E-state index contributed by atoms with van der Waals surface area (Å²) in [6.07, 6.45) is 1.61. The molecule has 4 heteroatoms. The van der Waals surface area contributed by atoms with Crippen LogP contribution in [-0.4, -0.2) is 4.98 Å². The van der Waals surface area contributed by atoms with E-state index in [9.17, 15) is 5.26 Å². The molecule has 2 nitrogen and oxygen atoms in total. The van der Waals surface area contributed by atoms with Gasteiger partial charge in [-0.15, -0.1) is 0 Å². The van der Waals surface area contributed by atoms with Gasteiger partial charge in [-0.25, -0.2) is 0 Å². The normalized spacial score (nSPS) is 10.0. The Labute approximate surface area is 106 Å². The van der Waals surface area contributed by atoms with E-state index in [1.165, 1.54) is 0 Å². The largest absolute Gasteiger partial charge is 0.346 e. The molecule has 1 aromatic carbocycles. The fourth-order valence-electron chi connectivity index (χ4n) is 1.60. The first kappa shape index (κ1) is 11.1. The molecule has 0 aliphatic heterocycles. The molecule has 78 valence electrons. The van der Waals surface area contributed by atoms with Gasteiger partial charge in [-0.3, -0.25) is 0 Å². The molecule has 0 saturated heterocycles. The third-order valence-electron chi connectivity index (χ3n) is 2.33. The fraction of sp³-hybridized carbons (Fsp3) is 0. The number of halogens is 1. The van der Waals surface area contributed by atoms with E-state index in [1.807, 2.05) is 18.2 Å². The van der Waals surface area contributed by atoms with Crippen LogP contribution in [0.25, 0.3) is 17.0 Å². The average molecular weight is 291 g/mol. The Hall–Kier alpha value is -1.44. The molecule has 0 unspecified atom stereocenters. The maximum absolute atomic E-state index is 9.19. The summed E-state index contributed by atoms with van der Waals surface area (Å²) in [5.74, 6) is 0. The maximum Gasteiger partial charge on any atom is 0.112 e. The molecule has 0 fully saturated rings. The van der Waals surface area contributed by atoms with Crippen molar-refractivity contribution in [2.45, 2.75) is 0 Å². The van der Waals surface area contributed by atoms with Gasteiger partial charge < -0.3 is 4.98 Å².